The van der Waals surface area contributed by atoms with Gasteiger partial charge in [-0.15, -0.1) is 0 Å². The van der Waals surface area contributed by atoms with Gasteiger partial charge in [0.15, 0.2) is 0 Å². The van der Waals surface area contributed by atoms with Gasteiger partial charge < -0.3 is 0 Å². The molecule has 0 nitrogen and oxygen atoms in total. The van der Waals surface area contributed by atoms with Crippen molar-refractivity contribution in [3.8, 4) is 0 Å². The van der Waals surface area contributed by atoms with Crippen molar-refractivity contribution in [3.05, 3.63) is 11.9 Å². The second-order valence-corrected chi connectivity index (χ2v) is 4.10. The summed E-state index contributed by atoms with van der Waals surface area (Å²) in [5.41, 5.74) is 0. The van der Waals surface area contributed by atoms with Gasteiger partial charge in [-0.1, -0.05) is 39.7 Å². The van der Waals surface area contributed by atoms with E-state index in [4.69, 9.17) is 0 Å². The molecule has 72 valence electrons. The van der Waals surface area contributed by atoms with Crippen molar-refractivity contribution in [3.63, 3.8) is 0 Å². The second-order valence-electron chi connectivity index (χ2n) is 4.10. The molecule has 0 bridgehead atoms. The minimum absolute atomic E-state index is 0.0496. The van der Waals surface area contributed by atoms with Crippen molar-refractivity contribution < 1.29 is 4.39 Å². The van der Waals surface area contributed by atoms with E-state index in [1.165, 1.54) is 19.8 Å². The summed E-state index contributed by atoms with van der Waals surface area (Å²) in [6.07, 6.45) is 5.03. The molecular formula is C11H21F. The van der Waals surface area contributed by atoms with Crippen molar-refractivity contribution in [1.82, 2.24) is 0 Å². The molecule has 1 unspecified atom stereocenters. The van der Waals surface area contributed by atoms with Crippen LogP contribution in [0.3, 0.4) is 0 Å². The van der Waals surface area contributed by atoms with E-state index in [2.05, 4.69) is 20.8 Å². The van der Waals surface area contributed by atoms with E-state index in [1.54, 1.807) is 6.08 Å². The van der Waals surface area contributed by atoms with Crippen LogP contribution >= 0.6 is 0 Å². The van der Waals surface area contributed by atoms with Gasteiger partial charge >= 0.3 is 0 Å². The van der Waals surface area contributed by atoms with Crippen LogP contribution in [0.4, 0.5) is 4.39 Å². The van der Waals surface area contributed by atoms with E-state index >= 15 is 0 Å². The standard InChI is InChI=1S/C11H21F/c1-9(2)5-6-10(3)7-8-11(4)12/h8-10H,5-7H2,1-4H3/b11-8+. The van der Waals surface area contributed by atoms with Crippen LogP contribution in [0.5, 0.6) is 0 Å². The molecule has 0 aliphatic carbocycles. The first kappa shape index (κ1) is 11.7. The van der Waals surface area contributed by atoms with E-state index < -0.39 is 0 Å². The zero-order valence-corrected chi connectivity index (χ0v) is 8.73. The Morgan fingerprint density at radius 2 is 1.83 bits per heavy atom. The van der Waals surface area contributed by atoms with Crippen LogP contribution in [0.2, 0.25) is 0 Å². The highest BCUT2D eigenvalue weighted by Crippen LogP contribution is 2.16. The predicted octanol–water partition coefficient (Wildman–Crippen LogP) is 4.32. The van der Waals surface area contributed by atoms with Crippen LogP contribution in [0, 0.1) is 11.8 Å². The quantitative estimate of drug-likeness (QED) is 0.579. The van der Waals surface area contributed by atoms with Gasteiger partial charge in [0, 0.05) is 0 Å². The molecule has 0 aromatic rings. The van der Waals surface area contributed by atoms with Gasteiger partial charge in [0.05, 0.1) is 5.83 Å². The molecule has 0 saturated heterocycles. The lowest BCUT2D eigenvalue weighted by atomic mass is 9.97. The summed E-state index contributed by atoms with van der Waals surface area (Å²) in [6.45, 7) is 8.14. The van der Waals surface area contributed by atoms with E-state index in [0.29, 0.717) is 5.92 Å². The Balaban J connectivity index is 3.46. The van der Waals surface area contributed by atoms with Gasteiger partial charge in [0.2, 0.25) is 0 Å². The number of allylic oxidation sites excluding steroid dienone is 2. The van der Waals surface area contributed by atoms with Crippen molar-refractivity contribution in [2.45, 2.75) is 47.0 Å². The zero-order chi connectivity index (χ0) is 9.56. The molecule has 0 aromatic heterocycles. The first-order valence-corrected chi connectivity index (χ1v) is 4.84. The maximum absolute atomic E-state index is 12.3. The highest BCUT2D eigenvalue weighted by Gasteiger charge is 2.01. The minimum atomic E-state index is -0.0496. The highest BCUT2D eigenvalue weighted by molar-refractivity contribution is 4.87. The molecule has 1 heteroatoms. The molecule has 1 atom stereocenters. The first-order valence-electron chi connectivity index (χ1n) is 4.84. The van der Waals surface area contributed by atoms with Crippen molar-refractivity contribution in [2.24, 2.45) is 11.8 Å². The lowest BCUT2D eigenvalue weighted by Crippen LogP contribution is -1.96. The lowest BCUT2D eigenvalue weighted by molar-refractivity contribution is 0.450. The number of hydrogen-bond acceptors (Lipinski definition) is 0. The molecule has 0 fully saturated rings. The molecule has 12 heavy (non-hydrogen) atoms. The Hall–Kier alpha value is -0.330. The summed E-state index contributed by atoms with van der Waals surface area (Å²) >= 11 is 0. The van der Waals surface area contributed by atoms with Crippen LogP contribution in [0.1, 0.15) is 47.0 Å². The SMILES string of the molecule is C/C(F)=C\CC(C)CCC(C)C. The molecule has 0 aliphatic rings. The summed E-state index contributed by atoms with van der Waals surface area (Å²) in [5, 5.41) is 0. The van der Waals surface area contributed by atoms with E-state index in [9.17, 15) is 4.39 Å². The Morgan fingerprint density at radius 3 is 2.25 bits per heavy atom. The van der Waals surface area contributed by atoms with Crippen LogP contribution in [0.25, 0.3) is 0 Å². The molecule has 0 aliphatic heterocycles. The van der Waals surface area contributed by atoms with E-state index in [1.807, 2.05) is 0 Å². The molecule has 0 N–H and O–H groups in total. The van der Waals surface area contributed by atoms with Gasteiger partial charge in [0.25, 0.3) is 0 Å². The minimum Gasteiger partial charge on any atom is -0.212 e. The van der Waals surface area contributed by atoms with Crippen LogP contribution < -0.4 is 0 Å². The highest BCUT2D eigenvalue weighted by atomic mass is 19.1. The summed E-state index contributed by atoms with van der Waals surface area (Å²) in [5.74, 6) is 1.34. The van der Waals surface area contributed by atoms with Gasteiger partial charge in [0.1, 0.15) is 0 Å². The smallest absolute Gasteiger partial charge is 0.0929 e. The molecule has 0 aromatic carbocycles. The largest absolute Gasteiger partial charge is 0.212 e. The fourth-order valence-electron chi connectivity index (χ4n) is 1.10. The van der Waals surface area contributed by atoms with E-state index in [-0.39, 0.29) is 5.83 Å². The predicted molar refractivity (Wildman–Crippen MR) is 52.7 cm³/mol. The topological polar surface area (TPSA) is 0 Å². The number of rotatable bonds is 5. The van der Waals surface area contributed by atoms with Crippen LogP contribution in [-0.4, -0.2) is 0 Å². The van der Waals surface area contributed by atoms with E-state index in [0.717, 1.165) is 12.3 Å². The van der Waals surface area contributed by atoms with Gasteiger partial charge in [-0.05, 0) is 25.2 Å². The molecule has 0 radical (unpaired) electrons. The number of halogens is 1. The fourth-order valence-corrected chi connectivity index (χ4v) is 1.10. The zero-order valence-electron chi connectivity index (χ0n) is 8.73. The Morgan fingerprint density at radius 1 is 1.25 bits per heavy atom. The number of hydrogen-bond donors (Lipinski definition) is 0. The lowest BCUT2D eigenvalue weighted by Gasteiger charge is -2.10. The first-order chi connectivity index (χ1) is 5.52. The fraction of sp³-hybridized carbons (Fsp3) is 0.818. The van der Waals surface area contributed by atoms with Crippen molar-refractivity contribution in [1.29, 1.82) is 0 Å². The molecule has 0 heterocycles. The third-order valence-electron chi connectivity index (χ3n) is 2.04. The van der Waals surface area contributed by atoms with Crippen LogP contribution in [-0.2, 0) is 0 Å². The van der Waals surface area contributed by atoms with Crippen molar-refractivity contribution >= 4 is 0 Å². The Kier molecular flexibility index (Phi) is 6.04. The maximum Gasteiger partial charge on any atom is 0.0929 e. The molecular weight excluding hydrogens is 151 g/mol. The van der Waals surface area contributed by atoms with Crippen LogP contribution in [0.15, 0.2) is 11.9 Å². The molecule has 0 saturated carbocycles. The molecule has 0 amide bonds. The second kappa shape index (κ2) is 6.22. The Labute approximate surface area is 75.9 Å². The molecule has 0 rings (SSSR count). The summed E-state index contributed by atoms with van der Waals surface area (Å²) in [4.78, 5) is 0. The maximum atomic E-state index is 12.3. The van der Waals surface area contributed by atoms with Gasteiger partial charge in [-0.2, -0.15) is 0 Å². The third-order valence-corrected chi connectivity index (χ3v) is 2.04. The monoisotopic (exact) mass is 172 g/mol. The normalized spacial score (nSPS) is 15.3. The summed E-state index contributed by atoms with van der Waals surface area (Å²) < 4.78 is 12.3. The summed E-state index contributed by atoms with van der Waals surface area (Å²) in [6, 6.07) is 0. The van der Waals surface area contributed by atoms with Gasteiger partial charge in [-0.25, -0.2) is 4.39 Å². The average Bonchev–Trinajstić information content (AvgIpc) is 1.96. The van der Waals surface area contributed by atoms with Crippen molar-refractivity contribution in [2.75, 3.05) is 0 Å². The Bertz CT molecular complexity index is 132. The third kappa shape index (κ3) is 7.77. The molecule has 0 spiro atoms. The summed E-state index contributed by atoms with van der Waals surface area (Å²) in [7, 11) is 0. The van der Waals surface area contributed by atoms with Gasteiger partial charge in [-0.3, -0.25) is 0 Å². The average molecular weight is 172 g/mol.